The zero-order valence-corrected chi connectivity index (χ0v) is 16.7. The zero-order chi connectivity index (χ0) is 19.3. The molecule has 0 radical (unpaired) electrons. The lowest BCUT2D eigenvalue weighted by molar-refractivity contribution is 0.102. The maximum Gasteiger partial charge on any atom is 0.256 e. The SMILES string of the molecule is O=C(Nc1cnc2[nH]c(CNCc3ccccc3)cc2c1)c1ccccc1Br. The van der Waals surface area contributed by atoms with Gasteiger partial charge in [-0.25, -0.2) is 4.98 Å². The van der Waals surface area contributed by atoms with Crippen molar-refractivity contribution in [1.29, 1.82) is 0 Å². The van der Waals surface area contributed by atoms with Crippen molar-refractivity contribution in [3.8, 4) is 0 Å². The van der Waals surface area contributed by atoms with Gasteiger partial charge in [0.05, 0.1) is 17.4 Å². The molecule has 0 saturated heterocycles. The van der Waals surface area contributed by atoms with E-state index in [1.807, 2.05) is 42.5 Å². The first-order valence-electron chi connectivity index (χ1n) is 8.97. The summed E-state index contributed by atoms with van der Waals surface area (Å²) in [6.07, 6.45) is 1.66. The first-order chi connectivity index (χ1) is 13.7. The van der Waals surface area contributed by atoms with Crippen LogP contribution in [-0.4, -0.2) is 15.9 Å². The van der Waals surface area contributed by atoms with E-state index in [0.29, 0.717) is 17.8 Å². The average Bonchev–Trinajstić information content (AvgIpc) is 3.11. The molecule has 0 spiro atoms. The monoisotopic (exact) mass is 434 g/mol. The highest BCUT2D eigenvalue weighted by Gasteiger charge is 2.11. The molecule has 0 bridgehead atoms. The normalized spacial score (nSPS) is 10.9. The van der Waals surface area contributed by atoms with Crippen LogP contribution in [0.4, 0.5) is 5.69 Å². The van der Waals surface area contributed by atoms with Gasteiger partial charge in [0, 0.05) is 28.6 Å². The molecule has 2 heterocycles. The lowest BCUT2D eigenvalue weighted by Crippen LogP contribution is -2.12. The Balaban J connectivity index is 1.43. The van der Waals surface area contributed by atoms with Gasteiger partial charge >= 0.3 is 0 Å². The second kappa shape index (κ2) is 8.37. The standard InChI is InChI=1S/C22H19BrN4O/c23-20-9-5-4-8-19(20)22(28)27-18-11-16-10-17(26-21(16)25-14-18)13-24-12-15-6-2-1-3-7-15/h1-11,14,24H,12-13H2,(H,25,26)(H,27,28). The van der Waals surface area contributed by atoms with Crippen LogP contribution in [0, 0.1) is 0 Å². The Morgan fingerprint density at radius 3 is 2.61 bits per heavy atom. The highest BCUT2D eigenvalue weighted by atomic mass is 79.9. The van der Waals surface area contributed by atoms with Gasteiger partial charge < -0.3 is 15.6 Å². The summed E-state index contributed by atoms with van der Waals surface area (Å²) in [7, 11) is 0. The minimum atomic E-state index is -0.172. The van der Waals surface area contributed by atoms with E-state index in [-0.39, 0.29) is 5.91 Å². The Morgan fingerprint density at radius 2 is 1.79 bits per heavy atom. The highest BCUT2D eigenvalue weighted by molar-refractivity contribution is 9.10. The van der Waals surface area contributed by atoms with Gasteiger partial charge in [-0.2, -0.15) is 0 Å². The fourth-order valence-corrected chi connectivity index (χ4v) is 3.48. The Labute approximate surface area is 171 Å². The van der Waals surface area contributed by atoms with Crippen LogP contribution in [0.25, 0.3) is 11.0 Å². The summed E-state index contributed by atoms with van der Waals surface area (Å²) in [5.41, 5.74) is 4.34. The predicted octanol–water partition coefficient (Wildman–Crippen LogP) is 4.87. The molecule has 0 aliphatic heterocycles. The van der Waals surface area contributed by atoms with Crippen molar-refractivity contribution < 1.29 is 4.79 Å². The van der Waals surface area contributed by atoms with E-state index in [4.69, 9.17) is 0 Å². The molecule has 6 heteroatoms. The van der Waals surface area contributed by atoms with Gasteiger partial charge in [-0.05, 0) is 45.8 Å². The molecule has 0 atom stereocenters. The number of halogens is 1. The van der Waals surface area contributed by atoms with E-state index in [1.165, 1.54) is 5.56 Å². The molecule has 0 saturated carbocycles. The van der Waals surface area contributed by atoms with Gasteiger partial charge in [0.1, 0.15) is 5.65 Å². The fraction of sp³-hybridized carbons (Fsp3) is 0.0909. The fourth-order valence-electron chi connectivity index (χ4n) is 3.02. The van der Waals surface area contributed by atoms with Crippen LogP contribution in [-0.2, 0) is 13.1 Å². The third-order valence-corrected chi connectivity index (χ3v) is 5.08. The number of anilines is 1. The quantitative estimate of drug-likeness (QED) is 0.405. The van der Waals surface area contributed by atoms with Gasteiger partial charge in [0.2, 0.25) is 0 Å². The topological polar surface area (TPSA) is 69.8 Å². The molecule has 0 fully saturated rings. The maximum absolute atomic E-state index is 12.5. The van der Waals surface area contributed by atoms with Crippen molar-refractivity contribution >= 4 is 38.6 Å². The number of nitrogens with zero attached hydrogens (tertiary/aromatic N) is 1. The molecule has 2 aromatic heterocycles. The number of nitrogens with one attached hydrogen (secondary N) is 3. The van der Waals surface area contributed by atoms with E-state index in [2.05, 4.69) is 54.7 Å². The molecule has 2 aromatic carbocycles. The molecule has 0 unspecified atom stereocenters. The van der Waals surface area contributed by atoms with Crippen molar-refractivity contribution in [2.24, 2.45) is 0 Å². The van der Waals surface area contributed by atoms with Crippen molar-refractivity contribution in [1.82, 2.24) is 15.3 Å². The molecule has 4 aromatic rings. The number of H-pyrrole nitrogens is 1. The maximum atomic E-state index is 12.5. The Bertz CT molecular complexity index is 1110. The summed E-state index contributed by atoms with van der Waals surface area (Å²) in [6.45, 7) is 1.51. The Kier molecular flexibility index (Phi) is 5.50. The number of carbonyl (C=O) groups excluding carboxylic acids is 1. The summed E-state index contributed by atoms with van der Waals surface area (Å²) >= 11 is 3.41. The number of carbonyl (C=O) groups is 1. The third kappa shape index (κ3) is 4.30. The van der Waals surface area contributed by atoms with Gasteiger partial charge in [-0.1, -0.05) is 42.5 Å². The Morgan fingerprint density at radius 1 is 1.00 bits per heavy atom. The number of hydrogen-bond acceptors (Lipinski definition) is 3. The van der Waals surface area contributed by atoms with Gasteiger partial charge in [0.15, 0.2) is 0 Å². The summed E-state index contributed by atoms with van der Waals surface area (Å²) < 4.78 is 0.759. The van der Waals surface area contributed by atoms with Crippen molar-refractivity contribution in [3.63, 3.8) is 0 Å². The third-order valence-electron chi connectivity index (χ3n) is 4.39. The molecular formula is C22H19BrN4O. The molecule has 0 aliphatic rings. The molecule has 4 rings (SSSR count). The van der Waals surface area contributed by atoms with Gasteiger partial charge in [0.25, 0.3) is 5.91 Å². The van der Waals surface area contributed by atoms with E-state index in [0.717, 1.165) is 27.7 Å². The van der Waals surface area contributed by atoms with E-state index in [9.17, 15) is 4.79 Å². The second-order valence-electron chi connectivity index (χ2n) is 6.48. The minimum Gasteiger partial charge on any atom is -0.342 e. The lowest BCUT2D eigenvalue weighted by Gasteiger charge is -2.06. The number of hydrogen-bond donors (Lipinski definition) is 3. The van der Waals surface area contributed by atoms with E-state index in [1.54, 1.807) is 12.3 Å². The van der Waals surface area contributed by atoms with Crippen LogP contribution in [0.2, 0.25) is 0 Å². The van der Waals surface area contributed by atoms with Crippen LogP contribution in [0.5, 0.6) is 0 Å². The number of pyridine rings is 1. The number of amides is 1. The van der Waals surface area contributed by atoms with Crippen LogP contribution >= 0.6 is 15.9 Å². The summed E-state index contributed by atoms with van der Waals surface area (Å²) in [6, 6.07) is 21.6. The van der Waals surface area contributed by atoms with Crippen LogP contribution in [0.15, 0.2) is 77.4 Å². The average molecular weight is 435 g/mol. The number of rotatable bonds is 6. The smallest absolute Gasteiger partial charge is 0.256 e. The summed E-state index contributed by atoms with van der Waals surface area (Å²) in [4.78, 5) is 20.2. The predicted molar refractivity (Wildman–Crippen MR) is 115 cm³/mol. The second-order valence-corrected chi connectivity index (χ2v) is 7.33. The molecule has 140 valence electrons. The number of aromatic nitrogens is 2. The van der Waals surface area contributed by atoms with Gasteiger partial charge in [-0.15, -0.1) is 0 Å². The van der Waals surface area contributed by atoms with Crippen LogP contribution in [0.3, 0.4) is 0 Å². The minimum absolute atomic E-state index is 0.172. The molecule has 5 nitrogen and oxygen atoms in total. The zero-order valence-electron chi connectivity index (χ0n) is 15.1. The van der Waals surface area contributed by atoms with Crippen molar-refractivity contribution in [2.75, 3.05) is 5.32 Å². The first kappa shape index (κ1) is 18.4. The van der Waals surface area contributed by atoms with E-state index < -0.39 is 0 Å². The molecule has 3 N–H and O–H groups in total. The molecule has 28 heavy (non-hydrogen) atoms. The van der Waals surface area contributed by atoms with Gasteiger partial charge in [-0.3, -0.25) is 4.79 Å². The largest absolute Gasteiger partial charge is 0.342 e. The van der Waals surface area contributed by atoms with Crippen LogP contribution in [0.1, 0.15) is 21.6 Å². The summed E-state index contributed by atoms with van der Waals surface area (Å²) in [5, 5.41) is 7.28. The van der Waals surface area contributed by atoms with Crippen molar-refractivity contribution in [3.05, 3.63) is 94.2 Å². The lowest BCUT2D eigenvalue weighted by atomic mass is 10.2. The molecule has 1 amide bonds. The molecule has 0 aliphatic carbocycles. The van der Waals surface area contributed by atoms with Crippen molar-refractivity contribution in [2.45, 2.75) is 13.1 Å². The highest BCUT2D eigenvalue weighted by Crippen LogP contribution is 2.21. The number of fused-ring (bicyclic) bond motifs is 1. The number of benzene rings is 2. The van der Waals surface area contributed by atoms with E-state index >= 15 is 0 Å². The first-order valence-corrected chi connectivity index (χ1v) is 9.76. The van der Waals surface area contributed by atoms with Crippen LogP contribution < -0.4 is 10.6 Å². The summed E-state index contributed by atoms with van der Waals surface area (Å²) in [5.74, 6) is -0.172. The number of aromatic amines is 1. The molecular weight excluding hydrogens is 416 g/mol. The Hall–Kier alpha value is -2.96.